The molecule has 0 aliphatic carbocycles. The molecule has 0 heterocycles. The minimum atomic E-state index is -4.28. The van der Waals surface area contributed by atoms with Gasteiger partial charge in [0.1, 0.15) is 0 Å². The Bertz CT molecular complexity index is 582. The maximum absolute atomic E-state index is 12.5. The average Bonchev–Trinajstić information content (AvgIpc) is 2.45. The Morgan fingerprint density at radius 2 is 1.55 bits per heavy atom. The molecule has 0 aromatic heterocycles. The van der Waals surface area contributed by atoms with Crippen molar-refractivity contribution in [1.29, 1.82) is 0 Å². The van der Waals surface area contributed by atoms with E-state index in [9.17, 15) is 13.2 Å². The Morgan fingerprint density at radius 3 is 2.05 bits per heavy atom. The van der Waals surface area contributed by atoms with Gasteiger partial charge in [0, 0.05) is 17.1 Å². The molecule has 0 fully saturated rings. The molecule has 1 N–H and O–H groups in total. The van der Waals surface area contributed by atoms with Gasteiger partial charge in [-0.15, -0.1) is 12.4 Å². The molecule has 120 valence electrons. The fourth-order valence-electron chi connectivity index (χ4n) is 1.95. The van der Waals surface area contributed by atoms with Crippen molar-refractivity contribution in [1.82, 2.24) is 5.32 Å². The topological polar surface area (TPSA) is 12.0 Å². The van der Waals surface area contributed by atoms with Crippen LogP contribution in [0.15, 0.2) is 53.0 Å². The Kier molecular flexibility index (Phi) is 6.91. The average molecular weight is 395 g/mol. The van der Waals surface area contributed by atoms with Gasteiger partial charge in [0.15, 0.2) is 0 Å². The predicted molar refractivity (Wildman–Crippen MR) is 88.1 cm³/mol. The summed E-state index contributed by atoms with van der Waals surface area (Å²) in [5, 5.41) is 3.30. The minimum Gasteiger partial charge on any atom is -0.306 e. The van der Waals surface area contributed by atoms with E-state index in [0.29, 0.717) is 6.54 Å². The summed E-state index contributed by atoms with van der Waals surface area (Å²) in [7, 11) is 0. The second-order valence-corrected chi connectivity index (χ2v) is 5.76. The third-order valence-corrected chi connectivity index (χ3v) is 3.79. The fraction of sp³-hybridized carbons (Fsp3) is 0.250. The van der Waals surface area contributed by atoms with Gasteiger partial charge in [-0.25, -0.2) is 0 Å². The predicted octanol–water partition coefficient (Wildman–Crippen LogP) is 5.74. The molecule has 0 saturated heterocycles. The van der Waals surface area contributed by atoms with Gasteiger partial charge in [0.05, 0.1) is 5.56 Å². The lowest BCUT2D eigenvalue weighted by molar-refractivity contribution is -0.137. The number of halogens is 5. The molecule has 2 rings (SSSR count). The molecule has 1 atom stereocenters. The van der Waals surface area contributed by atoms with E-state index in [-0.39, 0.29) is 18.4 Å². The molecule has 0 bridgehead atoms. The van der Waals surface area contributed by atoms with E-state index < -0.39 is 11.7 Å². The van der Waals surface area contributed by atoms with Crippen LogP contribution in [0.4, 0.5) is 13.2 Å². The highest BCUT2D eigenvalue weighted by Crippen LogP contribution is 2.29. The molecule has 0 aliphatic heterocycles. The van der Waals surface area contributed by atoms with Crippen LogP contribution in [0, 0.1) is 0 Å². The summed E-state index contributed by atoms with van der Waals surface area (Å²) in [6, 6.07) is 13.3. The number of rotatable bonds is 4. The van der Waals surface area contributed by atoms with E-state index in [2.05, 4.69) is 21.2 Å². The van der Waals surface area contributed by atoms with Crippen LogP contribution in [0.1, 0.15) is 29.7 Å². The highest BCUT2D eigenvalue weighted by Gasteiger charge is 2.29. The first-order valence-corrected chi connectivity index (χ1v) is 7.30. The summed E-state index contributed by atoms with van der Waals surface area (Å²) in [6.07, 6.45) is -4.28. The number of benzene rings is 2. The highest BCUT2D eigenvalue weighted by molar-refractivity contribution is 9.10. The maximum Gasteiger partial charge on any atom is 0.416 e. The molecule has 2 aromatic carbocycles. The first-order valence-electron chi connectivity index (χ1n) is 6.51. The highest BCUT2D eigenvalue weighted by atomic mass is 79.9. The smallest absolute Gasteiger partial charge is 0.306 e. The normalized spacial score (nSPS) is 12.6. The van der Waals surface area contributed by atoms with Crippen molar-refractivity contribution in [3.8, 4) is 0 Å². The van der Waals surface area contributed by atoms with Gasteiger partial charge >= 0.3 is 6.18 Å². The quantitative estimate of drug-likeness (QED) is 0.697. The van der Waals surface area contributed by atoms with Crippen molar-refractivity contribution >= 4 is 28.3 Å². The van der Waals surface area contributed by atoms with Gasteiger partial charge in [-0.2, -0.15) is 13.2 Å². The number of nitrogens with one attached hydrogen (secondary N) is 1. The molecular weight excluding hydrogens is 379 g/mol. The van der Waals surface area contributed by atoms with E-state index in [1.165, 1.54) is 12.1 Å². The third-order valence-electron chi connectivity index (χ3n) is 3.26. The molecule has 0 saturated carbocycles. The first kappa shape index (κ1) is 19.0. The van der Waals surface area contributed by atoms with Crippen LogP contribution in [0.25, 0.3) is 0 Å². The molecule has 1 nitrogen and oxygen atoms in total. The van der Waals surface area contributed by atoms with E-state index in [1.54, 1.807) is 0 Å². The summed E-state index contributed by atoms with van der Waals surface area (Å²) in [5.41, 5.74) is 1.34. The molecule has 6 heteroatoms. The maximum atomic E-state index is 12.5. The zero-order valence-electron chi connectivity index (χ0n) is 11.8. The lowest BCUT2D eigenvalue weighted by atomic mass is 10.1. The zero-order valence-corrected chi connectivity index (χ0v) is 14.2. The second kappa shape index (κ2) is 7.99. The van der Waals surface area contributed by atoms with Crippen molar-refractivity contribution in [3.63, 3.8) is 0 Å². The summed E-state index contributed by atoms with van der Waals surface area (Å²) < 4.78 is 38.4. The Balaban J connectivity index is 0.00000242. The van der Waals surface area contributed by atoms with Crippen LogP contribution >= 0.6 is 28.3 Å². The van der Waals surface area contributed by atoms with Crippen LogP contribution in [-0.4, -0.2) is 0 Å². The first-order chi connectivity index (χ1) is 9.86. The van der Waals surface area contributed by atoms with Crippen LogP contribution in [0.5, 0.6) is 0 Å². The van der Waals surface area contributed by atoms with Gasteiger partial charge in [0.25, 0.3) is 0 Å². The molecule has 22 heavy (non-hydrogen) atoms. The van der Waals surface area contributed by atoms with Crippen molar-refractivity contribution in [2.24, 2.45) is 0 Å². The molecule has 0 radical (unpaired) electrons. The standard InChI is InChI=1S/C16H15BrF3N.ClH/c1-11(13-4-8-15(17)9-5-13)21-10-12-2-6-14(7-3-12)16(18,19)20;/h2-9,11,21H,10H2,1H3;1H/t11-;/m0./s1. The molecule has 0 amide bonds. The van der Waals surface area contributed by atoms with Crippen molar-refractivity contribution in [2.45, 2.75) is 25.7 Å². The van der Waals surface area contributed by atoms with Crippen LogP contribution < -0.4 is 5.32 Å². The van der Waals surface area contributed by atoms with Crippen molar-refractivity contribution in [2.75, 3.05) is 0 Å². The number of hydrogen-bond acceptors (Lipinski definition) is 1. The monoisotopic (exact) mass is 393 g/mol. The third kappa shape index (κ3) is 5.30. The summed E-state index contributed by atoms with van der Waals surface area (Å²) >= 11 is 3.38. The van der Waals surface area contributed by atoms with Gasteiger partial charge < -0.3 is 5.32 Å². The summed E-state index contributed by atoms with van der Waals surface area (Å²) in [4.78, 5) is 0. The van der Waals surface area contributed by atoms with Gasteiger partial charge in [-0.3, -0.25) is 0 Å². The van der Waals surface area contributed by atoms with Crippen LogP contribution in [0.3, 0.4) is 0 Å². The second-order valence-electron chi connectivity index (χ2n) is 4.85. The van der Waals surface area contributed by atoms with Crippen molar-refractivity contribution < 1.29 is 13.2 Å². The molecular formula is C16H16BrClF3N. The van der Waals surface area contributed by atoms with E-state index in [0.717, 1.165) is 27.7 Å². The Labute approximate surface area is 142 Å². The Morgan fingerprint density at radius 1 is 1.00 bits per heavy atom. The fourth-order valence-corrected chi connectivity index (χ4v) is 2.22. The number of alkyl halides is 3. The van der Waals surface area contributed by atoms with E-state index in [4.69, 9.17) is 0 Å². The van der Waals surface area contributed by atoms with Crippen LogP contribution in [0.2, 0.25) is 0 Å². The zero-order chi connectivity index (χ0) is 15.5. The van der Waals surface area contributed by atoms with Gasteiger partial charge in [-0.1, -0.05) is 40.2 Å². The Hall–Kier alpha value is -1.04. The largest absolute Gasteiger partial charge is 0.416 e. The van der Waals surface area contributed by atoms with Gasteiger partial charge in [-0.05, 0) is 42.3 Å². The van der Waals surface area contributed by atoms with Crippen molar-refractivity contribution in [3.05, 3.63) is 69.7 Å². The lowest BCUT2D eigenvalue weighted by Crippen LogP contribution is -2.18. The summed E-state index contributed by atoms with van der Waals surface area (Å²) in [5.74, 6) is 0. The molecule has 0 aliphatic rings. The molecule has 2 aromatic rings. The molecule has 0 unspecified atom stereocenters. The number of hydrogen-bond donors (Lipinski definition) is 1. The van der Waals surface area contributed by atoms with Gasteiger partial charge in [0.2, 0.25) is 0 Å². The summed E-state index contributed by atoms with van der Waals surface area (Å²) in [6.45, 7) is 2.54. The SMILES string of the molecule is C[C@H](NCc1ccc(C(F)(F)F)cc1)c1ccc(Br)cc1.Cl. The van der Waals surface area contributed by atoms with Crippen LogP contribution in [-0.2, 0) is 12.7 Å². The lowest BCUT2D eigenvalue weighted by Gasteiger charge is -2.15. The minimum absolute atomic E-state index is 0. The molecule has 0 spiro atoms. The van der Waals surface area contributed by atoms with E-state index >= 15 is 0 Å². The van der Waals surface area contributed by atoms with E-state index in [1.807, 2.05) is 31.2 Å².